The monoisotopic (exact) mass is 277 g/mol. The van der Waals surface area contributed by atoms with Crippen LogP contribution in [0.5, 0.6) is 5.75 Å². The number of carboxylic acids is 1. The lowest BCUT2D eigenvalue weighted by Crippen LogP contribution is -2.39. The van der Waals surface area contributed by atoms with Gasteiger partial charge in [0.25, 0.3) is 0 Å². The molecule has 0 bridgehead atoms. The molecular formula is C15H19NO4. The molecule has 0 aliphatic rings. The van der Waals surface area contributed by atoms with Gasteiger partial charge in [-0.25, -0.2) is 4.79 Å². The van der Waals surface area contributed by atoms with Gasteiger partial charge < -0.3 is 14.7 Å². The van der Waals surface area contributed by atoms with E-state index >= 15 is 0 Å². The van der Waals surface area contributed by atoms with Crippen molar-refractivity contribution in [3.05, 3.63) is 35.9 Å². The van der Waals surface area contributed by atoms with Crippen LogP contribution in [-0.4, -0.2) is 41.6 Å². The molecule has 0 fully saturated rings. The predicted octanol–water partition coefficient (Wildman–Crippen LogP) is 2.03. The second-order valence-corrected chi connectivity index (χ2v) is 4.27. The van der Waals surface area contributed by atoms with Crippen molar-refractivity contribution in [1.29, 1.82) is 0 Å². The van der Waals surface area contributed by atoms with Crippen LogP contribution >= 0.6 is 0 Å². The van der Waals surface area contributed by atoms with E-state index in [2.05, 4.69) is 0 Å². The minimum Gasteiger partial charge on any atom is -0.493 e. The number of para-hydroxylation sites is 1. The van der Waals surface area contributed by atoms with Gasteiger partial charge in [0.1, 0.15) is 11.8 Å². The summed E-state index contributed by atoms with van der Waals surface area (Å²) in [6, 6.07) is 6.47. The van der Waals surface area contributed by atoms with Gasteiger partial charge in [0, 0.05) is 18.7 Å². The maximum absolute atomic E-state index is 11.9. The molecule has 1 N–H and O–H groups in total. The van der Waals surface area contributed by atoms with Crippen LogP contribution in [-0.2, 0) is 9.59 Å². The van der Waals surface area contributed by atoms with Crippen LogP contribution in [0.3, 0.4) is 0 Å². The lowest BCUT2D eigenvalue weighted by atomic mass is 10.2. The standard InChI is InChI=1S/C15H19NO4/c1-4-20-13-8-6-5-7-12(13)9-10-14(17)16(3)11(2)15(18)19/h5-11H,4H2,1-3H3,(H,18,19). The topological polar surface area (TPSA) is 66.8 Å². The molecule has 20 heavy (non-hydrogen) atoms. The molecule has 0 aliphatic carbocycles. The number of carbonyl (C=O) groups excluding carboxylic acids is 1. The minimum atomic E-state index is -1.04. The molecule has 1 aromatic rings. The Kier molecular flexibility index (Phi) is 5.77. The molecule has 0 saturated carbocycles. The van der Waals surface area contributed by atoms with Crippen LogP contribution in [0.25, 0.3) is 6.08 Å². The van der Waals surface area contributed by atoms with Crippen molar-refractivity contribution in [2.45, 2.75) is 19.9 Å². The Morgan fingerprint density at radius 3 is 2.65 bits per heavy atom. The van der Waals surface area contributed by atoms with Gasteiger partial charge in [0.15, 0.2) is 0 Å². The molecular weight excluding hydrogens is 258 g/mol. The normalized spacial score (nSPS) is 12.2. The SMILES string of the molecule is CCOc1ccccc1C=CC(=O)N(C)C(C)C(=O)O. The van der Waals surface area contributed by atoms with E-state index in [1.165, 1.54) is 24.9 Å². The number of hydrogen-bond acceptors (Lipinski definition) is 3. The summed E-state index contributed by atoms with van der Waals surface area (Å²) in [6.45, 7) is 3.88. The van der Waals surface area contributed by atoms with Gasteiger partial charge in [0.05, 0.1) is 6.61 Å². The van der Waals surface area contributed by atoms with Gasteiger partial charge in [0.2, 0.25) is 5.91 Å². The summed E-state index contributed by atoms with van der Waals surface area (Å²) in [6.07, 6.45) is 2.97. The summed E-state index contributed by atoms with van der Waals surface area (Å²) in [4.78, 5) is 23.9. The van der Waals surface area contributed by atoms with E-state index in [4.69, 9.17) is 9.84 Å². The smallest absolute Gasteiger partial charge is 0.326 e. The number of hydrogen-bond donors (Lipinski definition) is 1. The highest BCUT2D eigenvalue weighted by molar-refractivity contribution is 5.94. The molecule has 1 atom stereocenters. The third-order valence-corrected chi connectivity index (χ3v) is 2.91. The first kappa shape index (κ1) is 15.8. The number of carboxylic acid groups (broad SMARTS) is 1. The van der Waals surface area contributed by atoms with Crippen molar-refractivity contribution in [2.75, 3.05) is 13.7 Å². The number of nitrogens with zero attached hydrogens (tertiary/aromatic N) is 1. The highest BCUT2D eigenvalue weighted by Crippen LogP contribution is 2.19. The predicted molar refractivity (Wildman–Crippen MR) is 76.5 cm³/mol. The molecule has 0 radical (unpaired) electrons. The fraction of sp³-hybridized carbons (Fsp3) is 0.333. The Hall–Kier alpha value is -2.30. The van der Waals surface area contributed by atoms with Crippen LogP contribution in [0.2, 0.25) is 0 Å². The summed E-state index contributed by atoms with van der Waals surface area (Å²) in [5, 5.41) is 8.86. The molecule has 5 nitrogen and oxygen atoms in total. The van der Waals surface area contributed by atoms with Gasteiger partial charge in [-0.05, 0) is 26.0 Å². The second-order valence-electron chi connectivity index (χ2n) is 4.27. The van der Waals surface area contributed by atoms with Crippen LogP contribution in [0.15, 0.2) is 30.3 Å². The van der Waals surface area contributed by atoms with Crippen LogP contribution in [0, 0.1) is 0 Å². The largest absolute Gasteiger partial charge is 0.493 e. The van der Waals surface area contributed by atoms with Gasteiger partial charge in [-0.15, -0.1) is 0 Å². The van der Waals surface area contributed by atoms with E-state index in [1.54, 1.807) is 6.08 Å². The van der Waals surface area contributed by atoms with E-state index in [0.29, 0.717) is 12.4 Å². The molecule has 0 aliphatic heterocycles. The molecule has 0 heterocycles. The lowest BCUT2D eigenvalue weighted by Gasteiger charge is -2.19. The van der Waals surface area contributed by atoms with E-state index in [1.807, 2.05) is 31.2 Å². The minimum absolute atomic E-state index is 0.369. The number of benzene rings is 1. The average molecular weight is 277 g/mol. The Morgan fingerprint density at radius 1 is 1.40 bits per heavy atom. The highest BCUT2D eigenvalue weighted by Gasteiger charge is 2.19. The maximum atomic E-state index is 11.9. The van der Waals surface area contributed by atoms with E-state index in [-0.39, 0.29) is 5.91 Å². The average Bonchev–Trinajstić information content (AvgIpc) is 2.44. The molecule has 1 amide bonds. The molecule has 0 saturated heterocycles. The quantitative estimate of drug-likeness (QED) is 0.808. The summed E-state index contributed by atoms with van der Waals surface area (Å²) in [7, 11) is 1.46. The zero-order chi connectivity index (χ0) is 15.1. The summed E-state index contributed by atoms with van der Waals surface area (Å²) in [5.41, 5.74) is 0.777. The van der Waals surface area contributed by atoms with Crippen LogP contribution in [0.4, 0.5) is 0 Å². The fourth-order valence-electron chi connectivity index (χ4n) is 1.54. The number of amides is 1. The number of rotatable bonds is 6. The lowest BCUT2D eigenvalue weighted by molar-refractivity contribution is -0.146. The van der Waals surface area contributed by atoms with Crippen LogP contribution in [0.1, 0.15) is 19.4 Å². The van der Waals surface area contributed by atoms with Crippen molar-refractivity contribution < 1.29 is 19.4 Å². The molecule has 1 aromatic carbocycles. The van der Waals surface area contributed by atoms with Gasteiger partial charge in [-0.1, -0.05) is 18.2 Å². The van der Waals surface area contributed by atoms with Gasteiger partial charge in [-0.3, -0.25) is 4.79 Å². The Balaban J connectivity index is 2.82. The Morgan fingerprint density at radius 2 is 2.05 bits per heavy atom. The number of ether oxygens (including phenoxy) is 1. The van der Waals surface area contributed by atoms with Crippen molar-refractivity contribution >= 4 is 18.0 Å². The van der Waals surface area contributed by atoms with E-state index in [9.17, 15) is 9.59 Å². The first-order valence-electron chi connectivity index (χ1n) is 6.36. The first-order chi connectivity index (χ1) is 9.47. The summed E-state index contributed by atoms with van der Waals surface area (Å²) >= 11 is 0. The molecule has 1 rings (SSSR count). The fourth-order valence-corrected chi connectivity index (χ4v) is 1.54. The van der Waals surface area contributed by atoms with E-state index < -0.39 is 12.0 Å². The third kappa shape index (κ3) is 4.12. The maximum Gasteiger partial charge on any atom is 0.326 e. The number of carbonyl (C=O) groups is 2. The molecule has 1 unspecified atom stereocenters. The molecule has 0 aromatic heterocycles. The Bertz CT molecular complexity index is 510. The zero-order valence-electron chi connectivity index (χ0n) is 11.9. The highest BCUT2D eigenvalue weighted by atomic mass is 16.5. The summed E-state index contributed by atoms with van der Waals surface area (Å²) in [5.74, 6) is -0.719. The van der Waals surface area contributed by atoms with Crippen molar-refractivity contribution in [3.63, 3.8) is 0 Å². The van der Waals surface area contributed by atoms with Crippen molar-refractivity contribution in [1.82, 2.24) is 4.90 Å². The molecule has 5 heteroatoms. The van der Waals surface area contributed by atoms with Crippen molar-refractivity contribution in [2.24, 2.45) is 0 Å². The van der Waals surface area contributed by atoms with Gasteiger partial charge >= 0.3 is 5.97 Å². The number of likely N-dealkylation sites (N-methyl/N-ethyl adjacent to an activating group) is 1. The Labute approximate surface area is 118 Å². The van der Waals surface area contributed by atoms with E-state index in [0.717, 1.165) is 5.56 Å². The molecule has 108 valence electrons. The molecule has 0 spiro atoms. The van der Waals surface area contributed by atoms with Crippen LogP contribution < -0.4 is 4.74 Å². The van der Waals surface area contributed by atoms with Crippen molar-refractivity contribution in [3.8, 4) is 5.75 Å². The van der Waals surface area contributed by atoms with Gasteiger partial charge in [-0.2, -0.15) is 0 Å². The third-order valence-electron chi connectivity index (χ3n) is 2.91. The summed E-state index contributed by atoms with van der Waals surface area (Å²) < 4.78 is 5.45. The number of aliphatic carboxylic acids is 1. The first-order valence-corrected chi connectivity index (χ1v) is 6.36. The zero-order valence-corrected chi connectivity index (χ0v) is 11.9. The second kappa shape index (κ2) is 7.33.